The van der Waals surface area contributed by atoms with E-state index in [1.54, 1.807) is 18.3 Å². The molecule has 1 rings (SSSR count). The van der Waals surface area contributed by atoms with Crippen molar-refractivity contribution in [2.45, 2.75) is 19.9 Å². The smallest absolute Gasteiger partial charge is 0.358 e. The Morgan fingerprint density at radius 1 is 1.56 bits per heavy atom. The number of hydrogen-bond acceptors (Lipinski definition) is 5. The molecule has 0 saturated heterocycles. The molecule has 0 aliphatic carbocycles. The molecule has 0 spiro atoms. The minimum atomic E-state index is -0.555. The van der Waals surface area contributed by atoms with Gasteiger partial charge in [0.2, 0.25) is 0 Å². The molecule has 1 unspecified atom stereocenters. The van der Waals surface area contributed by atoms with E-state index in [4.69, 9.17) is 4.84 Å². The van der Waals surface area contributed by atoms with E-state index < -0.39 is 12.0 Å². The Hall–Kier alpha value is -1.75. The fourth-order valence-corrected chi connectivity index (χ4v) is 0.985. The van der Waals surface area contributed by atoms with Crippen molar-refractivity contribution in [3.63, 3.8) is 0 Å². The Balaban J connectivity index is 2.50. The van der Waals surface area contributed by atoms with Crippen molar-refractivity contribution >= 4 is 12.3 Å². The number of aldehydes is 1. The number of hydrogen-bond donors (Lipinski definition) is 1. The van der Waals surface area contributed by atoms with E-state index in [9.17, 15) is 9.59 Å². The van der Waals surface area contributed by atoms with Gasteiger partial charge >= 0.3 is 5.97 Å². The summed E-state index contributed by atoms with van der Waals surface area (Å²) in [5, 5.41) is 0. The van der Waals surface area contributed by atoms with Crippen molar-refractivity contribution in [3.8, 4) is 0 Å². The van der Waals surface area contributed by atoms with Gasteiger partial charge in [-0.1, -0.05) is 13.8 Å². The molecule has 1 heterocycles. The summed E-state index contributed by atoms with van der Waals surface area (Å²) < 4.78 is 0. The van der Waals surface area contributed by atoms with Crippen LogP contribution >= 0.6 is 0 Å². The second kappa shape index (κ2) is 5.97. The molecule has 0 aliphatic heterocycles. The Bertz CT molecular complexity index is 352. The van der Waals surface area contributed by atoms with Crippen LogP contribution in [0.4, 0.5) is 0 Å². The lowest BCUT2D eigenvalue weighted by Crippen LogP contribution is -2.36. The molecule has 0 amide bonds. The number of nitrogens with one attached hydrogen (secondary N) is 1. The molecule has 0 bridgehead atoms. The third kappa shape index (κ3) is 3.43. The average molecular weight is 222 g/mol. The monoisotopic (exact) mass is 222 g/mol. The van der Waals surface area contributed by atoms with Crippen LogP contribution in [0, 0.1) is 5.92 Å². The Kier molecular flexibility index (Phi) is 4.60. The highest BCUT2D eigenvalue weighted by Crippen LogP contribution is 2.01. The Labute approximate surface area is 93.8 Å². The lowest BCUT2D eigenvalue weighted by atomic mass is 10.1. The first-order chi connectivity index (χ1) is 7.65. The lowest BCUT2D eigenvalue weighted by Gasteiger charge is -2.15. The molecule has 0 aromatic carbocycles. The molecule has 0 aliphatic rings. The zero-order valence-electron chi connectivity index (χ0n) is 9.21. The zero-order chi connectivity index (χ0) is 12.0. The minimum Gasteiger partial charge on any atom is -0.366 e. The van der Waals surface area contributed by atoms with E-state index in [1.807, 2.05) is 13.8 Å². The first-order valence-electron chi connectivity index (χ1n) is 4.97. The van der Waals surface area contributed by atoms with Gasteiger partial charge in [0.15, 0.2) is 0 Å². The van der Waals surface area contributed by atoms with E-state index >= 15 is 0 Å². The molecular formula is C11H14N2O3. The topological polar surface area (TPSA) is 68.3 Å². The third-order valence-electron chi connectivity index (χ3n) is 2.05. The second-order valence-electron chi connectivity index (χ2n) is 3.65. The highest BCUT2D eigenvalue weighted by molar-refractivity contribution is 5.88. The van der Waals surface area contributed by atoms with Crippen LogP contribution < -0.4 is 5.48 Å². The molecule has 1 aromatic heterocycles. The molecule has 16 heavy (non-hydrogen) atoms. The van der Waals surface area contributed by atoms with Crippen LogP contribution in [-0.2, 0) is 9.63 Å². The summed E-state index contributed by atoms with van der Waals surface area (Å²) in [6.07, 6.45) is 3.67. The number of rotatable bonds is 5. The number of aromatic nitrogens is 1. The molecule has 0 radical (unpaired) electrons. The minimum absolute atomic E-state index is 0.0548. The van der Waals surface area contributed by atoms with E-state index in [-0.39, 0.29) is 5.92 Å². The van der Waals surface area contributed by atoms with Crippen LogP contribution in [-0.4, -0.2) is 23.3 Å². The number of pyridine rings is 1. The van der Waals surface area contributed by atoms with Crippen LogP contribution in [0.3, 0.4) is 0 Å². The third-order valence-corrected chi connectivity index (χ3v) is 2.05. The van der Waals surface area contributed by atoms with Crippen molar-refractivity contribution < 1.29 is 14.4 Å². The Morgan fingerprint density at radius 2 is 2.31 bits per heavy atom. The zero-order valence-corrected chi connectivity index (χ0v) is 9.21. The maximum atomic E-state index is 11.4. The molecule has 1 aromatic rings. The summed E-state index contributed by atoms with van der Waals surface area (Å²) in [6.45, 7) is 3.70. The predicted octanol–water partition coefficient (Wildman–Crippen LogP) is 0.967. The van der Waals surface area contributed by atoms with E-state index in [1.165, 1.54) is 6.20 Å². The van der Waals surface area contributed by atoms with Gasteiger partial charge in [0.25, 0.3) is 0 Å². The van der Waals surface area contributed by atoms with E-state index in [0.29, 0.717) is 11.8 Å². The summed E-state index contributed by atoms with van der Waals surface area (Å²) in [7, 11) is 0. The van der Waals surface area contributed by atoms with Crippen LogP contribution in [0.1, 0.15) is 24.2 Å². The quantitative estimate of drug-likeness (QED) is 0.593. The van der Waals surface area contributed by atoms with Gasteiger partial charge in [-0.25, -0.2) is 4.79 Å². The van der Waals surface area contributed by atoms with Crippen LogP contribution in [0.15, 0.2) is 24.5 Å². The van der Waals surface area contributed by atoms with Gasteiger partial charge in [-0.05, 0) is 18.1 Å². The van der Waals surface area contributed by atoms with Gasteiger partial charge in [0.05, 0.1) is 5.56 Å². The van der Waals surface area contributed by atoms with E-state index in [0.717, 1.165) is 0 Å². The number of hydroxylamine groups is 1. The van der Waals surface area contributed by atoms with Gasteiger partial charge in [0, 0.05) is 12.4 Å². The number of nitrogens with zero attached hydrogens (tertiary/aromatic N) is 1. The summed E-state index contributed by atoms with van der Waals surface area (Å²) in [5.74, 6) is -0.500. The molecular weight excluding hydrogens is 208 g/mol. The van der Waals surface area contributed by atoms with Crippen LogP contribution in [0.2, 0.25) is 0 Å². The predicted molar refractivity (Wildman–Crippen MR) is 57.5 cm³/mol. The first-order valence-corrected chi connectivity index (χ1v) is 4.97. The van der Waals surface area contributed by atoms with Crippen LogP contribution in [0.25, 0.3) is 0 Å². The summed E-state index contributed by atoms with van der Waals surface area (Å²) in [5.41, 5.74) is 2.76. The number of carbonyl (C=O) groups is 2. The molecule has 86 valence electrons. The fraction of sp³-hybridized carbons (Fsp3) is 0.364. The molecule has 5 nitrogen and oxygen atoms in total. The van der Waals surface area contributed by atoms with Gasteiger partial charge in [-0.15, -0.1) is 5.48 Å². The van der Waals surface area contributed by atoms with Crippen molar-refractivity contribution in [1.82, 2.24) is 10.5 Å². The summed E-state index contributed by atoms with van der Waals surface area (Å²) >= 11 is 0. The average Bonchev–Trinajstić information content (AvgIpc) is 2.30. The SMILES string of the molecule is CC(C)C(C=O)NOC(=O)c1cccnc1. The summed E-state index contributed by atoms with van der Waals surface area (Å²) in [4.78, 5) is 30.6. The molecule has 0 saturated carbocycles. The highest BCUT2D eigenvalue weighted by atomic mass is 16.7. The van der Waals surface area contributed by atoms with E-state index in [2.05, 4.69) is 10.5 Å². The standard InChI is InChI=1S/C11H14N2O3/c1-8(2)10(7-14)13-16-11(15)9-4-3-5-12-6-9/h3-8,10,13H,1-2H3. The van der Waals surface area contributed by atoms with Gasteiger partial charge in [-0.3, -0.25) is 4.98 Å². The second-order valence-corrected chi connectivity index (χ2v) is 3.65. The maximum absolute atomic E-state index is 11.4. The maximum Gasteiger partial charge on any atom is 0.358 e. The van der Waals surface area contributed by atoms with Gasteiger partial charge in [0.1, 0.15) is 12.3 Å². The van der Waals surface area contributed by atoms with Crippen molar-refractivity contribution in [2.24, 2.45) is 5.92 Å². The lowest BCUT2D eigenvalue weighted by molar-refractivity contribution is -0.113. The van der Waals surface area contributed by atoms with Crippen molar-refractivity contribution in [2.75, 3.05) is 0 Å². The highest BCUT2D eigenvalue weighted by Gasteiger charge is 2.15. The molecule has 1 atom stereocenters. The van der Waals surface area contributed by atoms with Gasteiger partial charge < -0.3 is 9.63 Å². The van der Waals surface area contributed by atoms with Crippen LogP contribution in [0.5, 0.6) is 0 Å². The molecule has 1 N–H and O–H groups in total. The van der Waals surface area contributed by atoms with Gasteiger partial charge in [-0.2, -0.15) is 0 Å². The van der Waals surface area contributed by atoms with Crippen molar-refractivity contribution in [1.29, 1.82) is 0 Å². The first kappa shape index (κ1) is 12.3. The largest absolute Gasteiger partial charge is 0.366 e. The summed E-state index contributed by atoms with van der Waals surface area (Å²) in [6, 6.07) is 2.72. The number of carbonyl (C=O) groups excluding carboxylic acids is 2. The fourth-order valence-electron chi connectivity index (χ4n) is 0.985. The molecule has 5 heteroatoms. The normalized spacial score (nSPS) is 12.2. The van der Waals surface area contributed by atoms with Crippen molar-refractivity contribution in [3.05, 3.63) is 30.1 Å². The Morgan fingerprint density at radius 3 is 2.81 bits per heavy atom. The molecule has 0 fully saturated rings.